The monoisotopic (exact) mass is 389 g/mol. The molecule has 2 aromatic rings. The molecule has 1 aromatic heterocycles. The van der Waals surface area contributed by atoms with Gasteiger partial charge in [0.2, 0.25) is 11.8 Å². The smallest absolute Gasteiger partial charge is 0.261 e. The van der Waals surface area contributed by atoms with Crippen LogP contribution in [0.1, 0.15) is 49.9 Å². The Hall–Kier alpha value is -2.28. The molecule has 1 aromatic carbocycles. The zero-order valence-electron chi connectivity index (χ0n) is 16.5. The van der Waals surface area contributed by atoms with Crippen molar-refractivity contribution in [1.29, 1.82) is 0 Å². The average Bonchev–Trinajstić information content (AvgIpc) is 2.62. The summed E-state index contributed by atoms with van der Waals surface area (Å²) in [6.45, 7) is 9.61. The van der Waals surface area contributed by atoms with Crippen molar-refractivity contribution in [2.24, 2.45) is 0 Å². The molecule has 0 saturated heterocycles. The number of nitrogens with zero attached hydrogens (tertiary/aromatic N) is 2. The Morgan fingerprint density at radius 3 is 2.48 bits per heavy atom. The number of anilines is 1. The highest BCUT2D eigenvalue weighted by Gasteiger charge is 2.19. The van der Waals surface area contributed by atoms with Gasteiger partial charge < -0.3 is 10.4 Å². The van der Waals surface area contributed by atoms with Crippen LogP contribution >= 0.6 is 11.8 Å². The van der Waals surface area contributed by atoms with E-state index in [0.717, 1.165) is 35.0 Å². The standard InChI is InChI=1S/C20H27N3O3S/c1-6-14(5)23-19(26)15(7-2)18(25)22-20(23)27-11-16(24)21-17-12(3)9-8-10-13(17)4/h8-10,14,25H,6-7,11H2,1-5H3,(H,21,24)/t14-/m1/s1. The van der Waals surface area contributed by atoms with Gasteiger partial charge in [-0.1, -0.05) is 43.8 Å². The summed E-state index contributed by atoms with van der Waals surface area (Å²) in [4.78, 5) is 29.3. The van der Waals surface area contributed by atoms with Gasteiger partial charge in [0.1, 0.15) is 0 Å². The number of aromatic hydroxyl groups is 1. The molecule has 1 amide bonds. The van der Waals surface area contributed by atoms with E-state index in [2.05, 4.69) is 10.3 Å². The van der Waals surface area contributed by atoms with Crippen molar-refractivity contribution in [3.05, 3.63) is 45.2 Å². The van der Waals surface area contributed by atoms with Crippen molar-refractivity contribution >= 4 is 23.4 Å². The van der Waals surface area contributed by atoms with Gasteiger partial charge in [-0.05, 0) is 44.7 Å². The molecule has 0 aliphatic carbocycles. The summed E-state index contributed by atoms with van der Waals surface area (Å²) in [5, 5.41) is 13.4. The summed E-state index contributed by atoms with van der Waals surface area (Å²) >= 11 is 1.16. The maximum absolute atomic E-state index is 12.7. The molecule has 1 heterocycles. The van der Waals surface area contributed by atoms with Crippen LogP contribution in [0, 0.1) is 13.8 Å². The van der Waals surface area contributed by atoms with Crippen LogP contribution in [0.3, 0.4) is 0 Å². The van der Waals surface area contributed by atoms with Crippen LogP contribution in [-0.2, 0) is 11.2 Å². The second-order valence-corrected chi connectivity index (χ2v) is 7.53. The number of hydrogen-bond acceptors (Lipinski definition) is 5. The highest BCUT2D eigenvalue weighted by atomic mass is 32.2. The predicted molar refractivity (Wildman–Crippen MR) is 110 cm³/mol. The zero-order valence-corrected chi connectivity index (χ0v) is 17.3. The van der Waals surface area contributed by atoms with Crippen molar-refractivity contribution in [3.63, 3.8) is 0 Å². The average molecular weight is 390 g/mol. The summed E-state index contributed by atoms with van der Waals surface area (Å²) in [5.41, 5.74) is 2.86. The second-order valence-electron chi connectivity index (χ2n) is 6.59. The van der Waals surface area contributed by atoms with Crippen LogP contribution in [0.15, 0.2) is 28.2 Å². The summed E-state index contributed by atoms with van der Waals surface area (Å²) in [7, 11) is 0. The molecule has 0 spiro atoms. The molecule has 0 radical (unpaired) electrons. The maximum atomic E-state index is 12.7. The third-order valence-electron chi connectivity index (χ3n) is 4.62. The van der Waals surface area contributed by atoms with Gasteiger partial charge in [0.05, 0.1) is 11.3 Å². The Morgan fingerprint density at radius 2 is 1.93 bits per heavy atom. The van der Waals surface area contributed by atoms with E-state index >= 15 is 0 Å². The number of hydrogen-bond donors (Lipinski definition) is 2. The molecule has 146 valence electrons. The van der Waals surface area contributed by atoms with E-state index in [-0.39, 0.29) is 29.1 Å². The van der Waals surface area contributed by atoms with E-state index in [0.29, 0.717) is 17.1 Å². The number of carbonyl (C=O) groups is 1. The van der Waals surface area contributed by atoms with Gasteiger partial charge in [-0.3, -0.25) is 14.2 Å². The van der Waals surface area contributed by atoms with E-state index in [1.165, 1.54) is 0 Å². The predicted octanol–water partition coefficient (Wildman–Crippen LogP) is 3.83. The zero-order chi connectivity index (χ0) is 20.1. The second kappa shape index (κ2) is 9.08. The van der Waals surface area contributed by atoms with E-state index < -0.39 is 0 Å². The first-order valence-electron chi connectivity index (χ1n) is 9.13. The highest BCUT2D eigenvalue weighted by molar-refractivity contribution is 7.99. The van der Waals surface area contributed by atoms with Crippen molar-refractivity contribution in [2.45, 2.75) is 58.7 Å². The number of rotatable bonds is 7. The summed E-state index contributed by atoms with van der Waals surface area (Å²) in [6.07, 6.45) is 1.16. The highest BCUT2D eigenvalue weighted by Crippen LogP contribution is 2.25. The third kappa shape index (κ3) is 4.71. The first-order valence-corrected chi connectivity index (χ1v) is 10.1. The molecule has 27 heavy (non-hydrogen) atoms. The Kier molecular flexibility index (Phi) is 7.07. The first kappa shape index (κ1) is 21.0. The number of aryl methyl sites for hydroxylation is 2. The molecular formula is C20H27N3O3S. The van der Waals surface area contributed by atoms with Gasteiger partial charge in [0.25, 0.3) is 5.56 Å². The lowest BCUT2D eigenvalue weighted by molar-refractivity contribution is -0.113. The van der Waals surface area contributed by atoms with Gasteiger partial charge in [-0.25, -0.2) is 0 Å². The Labute approximate surface area is 164 Å². The largest absolute Gasteiger partial charge is 0.493 e. The van der Waals surface area contributed by atoms with Gasteiger partial charge in [-0.2, -0.15) is 4.98 Å². The minimum absolute atomic E-state index is 0.0694. The first-order chi connectivity index (χ1) is 12.8. The topological polar surface area (TPSA) is 84.2 Å². The molecule has 0 aliphatic heterocycles. The number of benzene rings is 1. The molecule has 0 fully saturated rings. The molecule has 2 N–H and O–H groups in total. The summed E-state index contributed by atoms with van der Waals surface area (Å²) in [6, 6.07) is 5.76. The molecule has 0 aliphatic rings. The lowest BCUT2D eigenvalue weighted by Gasteiger charge is -2.19. The Balaban J connectivity index is 2.24. The van der Waals surface area contributed by atoms with Crippen LogP contribution in [0.4, 0.5) is 5.69 Å². The van der Waals surface area contributed by atoms with Crippen LogP contribution in [-0.4, -0.2) is 26.3 Å². The van der Waals surface area contributed by atoms with E-state index in [1.807, 2.05) is 52.8 Å². The van der Waals surface area contributed by atoms with Crippen molar-refractivity contribution in [3.8, 4) is 5.88 Å². The molecule has 6 nitrogen and oxygen atoms in total. The van der Waals surface area contributed by atoms with Gasteiger partial charge >= 0.3 is 0 Å². The molecule has 0 bridgehead atoms. The summed E-state index contributed by atoms with van der Waals surface area (Å²) in [5.74, 6) is -0.331. The Morgan fingerprint density at radius 1 is 1.30 bits per heavy atom. The molecule has 0 saturated carbocycles. The normalized spacial score (nSPS) is 12.0. The number of nitrogens with one attached hydrogen (secondary N) is 1. The van der Waals surface area contributed by atoms with E-state index in [1.54, 1.807) is 4.57 Å². The minimum Gasteiger partial charge on any atom is -0.493 e. The van der Waals surface area contributed by atoms with Gasteiger partial charge in [-0.15, -0.1) is 0 Å². The van der Waals surface area contributed by atoms with E-state index in [9.17, 15) is 14.7 Å². The van der Waals surface area contributed by atoms with Crippen molar-refractivity contribution < 1.29 is 9.90 Å². The molecule has 7 heteroatoms. The number of para-hydroxylation sites is 1. The van der Waals surface area contributed by atoms with Crippen LogP contribution in [0.2, 0.25) is 0 Å². The van der Waals surface area contributed by atoms with Crippen molar-refractivity contribution in [1.82, 2.24) is 9.55 Å². The molecule has 2 rings (SSSR count). The van der Waals surface area contributed by atoms with Crippen LogP contribution < -0.4 is 10.9 Å². The molecular weight excluding hydrogens is 362 g/mol. The van der Waals surface area contributed by atoms with Crippen molar-refractivity contribution in [2.75, 3.05) is 11.1 Å². The minimum atomic E-state index is -0.250. The van der Waals surface area contributed by atoms with Gasteiger partial charge in [0.15, 0.2) is 5.16 Å². The number of amides is 1. The Bertz CT molecular complexity index is 873. The van der Waals surface area contributed by atoms with Gasteiger partial charge in [0, 0.05) is 11.7 Å². The fraction of sp³-hybridized carbons (Fsp3) is 0.450. The number of aromatic nitrogens is 2. The molecule has 1 atom stereocenters. The lowest BCUT2D eigenvalue weighted by atomic mass is 10.1. The fourth-order valence-electron chi connectivity index (χ4n) is 2.84. The maximum Gasteiger partial charge on any atom is 0.261 e. The van der Waals surface area contributed by atoms with Crippen LogP contribution in [0.25, 0.3) is 0 Å². The summed E-state index contributed by atoms with van der Waals surface area (Å²) < 4.78 is 1.58. The third-order valence-corrected chi connectivity index (χ3v) is 5.57. The lowest BCUT2D eigenvalue weighted by Crippen LogP contribution is -2.29. The molecule has 0 unspecified atom stereocenters. The SMILES string of the molecule is CCc1c(O)nc(SCC(=O)Nc2c(C)cccc2C)n([C@H](C)CC)c1=O. The quantitative estimate of drug-likeness (QED) is 0.555. The van der Waals surface area contributed by atoms with Crippen LogP contribution in [0.5, 0.6) is 5.88 Å². The number of carbonyl (C=O) groups excluding carboxylic acids is 1. The fourth-order valence-corrected chi connectivity index (χ4v) is 3.72. The van der Waals surface area contributed by atoms with E-state index in [4.69, 9.17) is 0 Å². The number of thioether (sulfide) groups is 1.